The van der Waals surface area contributed by atoms with Crippen LogP contribution in [0.15, 0.2) is 12.3 Å². The molecule has 0 spiro atoms. The summed E-state index contributed by atoms with van der Waals surface area (Å²) in [5.74, 6) is -2.71. The van der Waals surface area contributed by atoms with Gasteiger partial charge in [0.05, 0.1) is 10.6 Å². The molecular weight excluding hydrogens is 263 g/mol. The number of nitrogens with zero attached hydrogens (tertiary/aromatic N) is 3. The Morgan fingerprint density at radius 1 is 1.41 bits per heavy atom. The fourth-order valence-electron chi connectivity index (χ4n) is 1.26. The molecule has 2 heterocycles. The van der Waals surface area contributed by atoms with Crippen molar-refractivity contribution >= 4 is 23.2 Å². The summed E-state index contributed by atoms with van der Waals surface area (Å²) < 4.78 is 38.0. The highest BCUT2D eigenvalue weighted by atomic mass is 35.5. The molecule has 9 heteroatoms. The Morgan fingerprint density at radius 3 is 2.59 bits per heavy atom. The van der Waals surface area contributed by atoms with Crippen LogP contribution in [-0.4, -0.2) is 25.7 Å². The second-order valence-corrected chi connectivity index (χ2v) is 3.50. The highest BCUT2D eigenvalue weighted by Gasteiger charge is 2.37. The Labute approximate surface area is 96.4 Å². The first-order chi connectivity index (χ1) is 7.80. The van der Waals surface area contributed by atoms with Gasteiger partial charge >= 0.3 is 12.1 Å². The van der Waals surface area contributed by atoms with Gasteiger partial charge in [0.2, 0.25) is 5.82 Å². The molecule has 0 saturated carbocycles. The molecule has 0 radical (unpaired) electrons. The number of hydrogen-bond acceptors (Lipinski definition) is 3. The fraction of sp³-hybridized carbons (Fsp3) is 0.125. The van der Waals surface area contributed by atoms with E-state index in [0.717, 1.165) is 12.3 Å². The number of pyridine rings is 1. The zero-order chi connectivity index (χ0) is 12.8. The van der Waals surface area contributed by atoms with Crippen molar-refractivity contribution in [3.05, 3.63) is 28.7 Å². The van der Waals surface area contributed by atoms with E-state index in [1.54, 1.807) is 0 Å². The SMILES string of the molecule is O=C(O)c1cc(Cl)c2nnc(C(F)(F)F)n2c1. The average Bonchev–Trinajstić information content (AvgIpc) is 2.60. The van der Waals surface area contributed by atoms with Gasteiger partial charge in [-0.1, -0.05) is 11.6 Å². The number of hydrogen-bond donors (Lipinski definition) is 1. The molecule has 2 rings (SSSR count). The minimum atomic E-state index is -4.74. The summed E-state index contributed by atoms with van der Waals surface area (Å²) in [6.45, 7) is 0. The number of rotatable bonds is 1. The molecule has 0 saturated heterocycles. The molecule has 90 valence electrons. The Morgan fingerprint density at radius 2 is 2.06 bits per heavy atom. The topological polar surface area (TPSA) is 67.5 Å². The molecule has 5 nitrogen and oxygen atoms in total. The number of carboxylic acid groups (broad SMARTS) is 1. The summed E-state index contributed by atoms with van der Waals surface area (Å²) in [4.78, 5) is 10.7. The Hall–Kier alpha value is -1.83. The van der Waals surface area contributed by atoms with Crippen molar-refractivity contribution in [1.82, 2.24) is 14.6 Å². The molecule has 0 unspecified atom stereocenters. The van der Waals surface area contributed by atoms with Crippen molar-refractivity contribution in [2.24, 2.45) is 0 Å². The molecule has 0 aromatic carbocycles. The highest BCUT2D eigenvalue weighted by Crippen LogP contribution is 2.29. The van der Waals surface area contributed by atoms with Crippen LogP contribution in [-0.2, 0) is 6.18 Å². The molecule has 0 fully saturated rings. The number of halogens is 4. The number of aromatic carboxylic acids is 1. The Bertz CT molecular complexity index is 608. The monoisotopic (exact) mass is 265 g/mol. The normalized spacial score (nSPS) is 12.0. The smallest absolute Gasteiger partial charge is 0.452 e. The zero-order valence-electron chi connectivity index (χ0n) is 7.86. The predicted molar refractivity (Wildman–Crippen MR) is 50.0 cm³/mol. The third-order valence-corrected chi connectivity index (χ3v) is 2.24. The first kappa shape index (κ1) is 11.6. The third kappa shape index (κ3) is 1.91. The van der Waals surface area contributed by atoms with Crippen LogP contribution in [0.2, 0.25) is 5.02 Å². The molecule has 2 aromatic heterocycles. The van der Waals surface area contributed by atoms with Gasteiger partial charge in [0.1, 0.15) is 0 Å². The summed E-state index contributed by atoms with van der Waals surface area (Å²) in [6, 6.07) is 1.01. The van der Waals surface area contributed by atoms with Gasteiger partial charge in [0.25, 0.3) is 0 Å². The minimum absolute atomic E-state index is 0.215. The van der Waals surface area contributed by atoms with Crippen LogP contribution >= 0.6 is 11.6 Å². The van der Waals surface area contributed by atoms with Gasteiger partial charge in [-0.2, -0.15) is 13.2 Å². The van der Waals surface area contributed by atoms with Crippen LogP contribution in [0.25, 0.3) is 5.65 Å². The van der Waals surface area contributed by atoms with Crippen LogP contribution in [0.4, 0.5) is 13.2 Å². The van der Waals surface area contributed by atoms with Gasteiger partial charge in [-0.15, -0.1) is 10.2 Å². The summed E-state index contributed by atoms with van der Waals surface area (Å²) in [7, 11) is 0. The van der Waals surface area contributed by atoms with Crippen molar-refractivity contribution < 1.29 is 23.1 Å². The molecule has 0 aliphatic carbocycles. The van der Waals surface area contributed by atoms with Crippen LogP contribution in [0.3, 0.4) is 0 Å². The molecule has 0 atom stereocenters. The molecule has 0 amide bonds. The lowest BCUT2D eigenvalue weighted by atomic mass is 10.3. The molecule has 17 heavy (non-hydrogen) atoms. The average molecular weight is 266 g/mol. The summed E-state index contributed by atoms with van der Waals surface area (Å²) in [5, 5.41) is 14.7. The van der Waals surface area contributed by atoms with Crippen LogP contribution in [0.1, 0.15) is 16.2 Å². The number of carboxylic acids is 1. The Balaban J connectivity index is 2.79. The van der Waals surface area contributed by atoms with Gasteiger partial charge in [0, 0.05) is 6.20 Å². The summed E-state index contributed by atoms with van der Waals surface area (Å²) in [6.07, 6.45) is -3.97. The van der Waals surface area contributed by atoms with Gasteiger partial charge in [-0.05, 0) is 6.07 Å². The summed E-state index contributed by atoms with van der Waals surface area (Å²) >= 11 is 5.62. The minimum Gasteiger partial charge on any atom is -0.478 e. The largest absolute Gasteiger partial charge is 0.478 e. The van der Waals surface area contributed by atoms with E-state index in [4.69, 9.17) is 16.7 Å². The van der Waals surface area contributed by atoms with Crippen LogP contribution < -0.4 is 0 Å². The fourth-order valence-corrected chi connectivity index (χ4v) is 1.51. The van der Waals surface area contributed by atoms with E-state index in [1.165, 1.54) is 0 Å². The molecule has 1 N–H and O–H groups in total. The first-order valence-electron chi connectivity index (χ1n) is 4.15. The van der Waals surface area contributed by atoms with E-state index in [1.807, 2.05) is 0 Å². The molecule has 0 aliphatic rings. The number of carbonyl (C=O) groups is 1. The van der Waals surface area contributed by atoms with Crippen LogP contribution in [0, 0.1) is 0 Å². The van der Waals surface area contributed by atoms with Gasteiger partial charge in [-0.3, -0.25) is 4.40 Å². The zero-order valence-corrected chi connectivity index (χ0v) is 8.62. The second-order valence-electron chi connectivity index (χ2n) is 3.10. The lowest BCUT2D eigenvalue weighted by molar-refractivity contribution is -0.145. The van der Waals surface area contributed by atoms with E-state index in [9.17, 15) is 18.0 Å². The lowest BCUT2D eigenvalue weighted by Crippen LogP contribution is -2.11. The van der Waals surface area contributed by atoms with E-state index < -0.39 is 18.0 Å². The molecule has 0 bridgehead atoms. The highest BCUT2D eigenvalue weighted by molar-refractivity contribution is 6.33. The lowest BCUT2D eigenvalue weighted by Gasteiger charge is -2.05. The van der Waals surface area contributed by atoms with Gasteiger partial charge in [0.15, 0.2) is 5.65 Å². The van der Waals surface area contributed by atoms with E-state index in [0.29, 0.717) is 4.40 Å². The number of aromatic nitrogens is 3. The van der Waals surface area contributed by atoms with E-state index in [-0.39, 0.29) is 16.2 Å². The number of alkyl halides is 3. The van der Waals surface area contributed by atoms with Crippen molar-refractivity contribution in [3.63, 3.8) is 0 Å². The molecule has 2 aromatic rings. The summed E-state index contributed by atoms with van der Waals surface area (Å²) in [5.41, 5.74) is -0.628. The van der Waals surface area contributed by atoms with Gasteiger partial charge < -0.3 is 5.11 Å². The molecular formula is C8H3ClF3N3O2. The van der Waals surface area contributed by atoms with E-state index in [2.05, 4.69) is 10.2 Å². The van der Waals surface area contributed by atoms with Crippen molar-refractivity contribution in [2.75, 3.05) is 0 Å². The predicted octanol–water partition coefficient (Wildman–Crippen LogP) is 2.10. The second kappa shape index (κ2) is 3.59. The third-order valence-electron chi connectivity index (χ3n) is 1.96. The van der Waals surface area contributed by atoms with Gasteiger partial charge in [-0.25, -0.2) is 4.79 Å². The maximum atomic E-state index is 12.5. The first-order valence-corrected chi connectivity index (χ1v) is 4.53. The van der Waals surface area contributed by atoms with Crippen LogP contribution in [0.5, 0.6) is 0 Å². The number of fused-ring (bicyclic) bond motifs is 1. The van der Waals surface area contributed by atoms with Crippen molar-refractivity contribution in [3.8, 4) is 0 Å². The van der Waals surface area contributed by atoms with E-state index >= 15 is 0 Å². The Kier molecular flexibility index (Phi) is 2.46. The van der Waals surface area contributed by atoms with Crippen molar-refractivity contribution in [1.29, 1.82) is 0 Å². The standard InChI is InChI=1S/C8H3ClF3N3O2/c9-4-1-3(6(16)17)2-15-5(4)13-14-7(15)8(10,11)12/h1-2H,(H,16,17). The maximum absolute atomic E-state index is 12.5. The quantitative estimate of drug-likeness (QED) is 0.857. The molecule has 0 aliphatic heterocycles. The van der Waals surface area contributed by atoms with Crippen molar-refractivity contribution in [2.45, 2.75) is 6.18 Å². The maximum Gasteiger partial charge on any atom is 0.452 e.